The topological polar surface area (TPSA) is 66.5 Å². The van der Waals surface area contributed by atoms with E-state index >= 15 is 0 Å². The van der Waals surface area contributed by atoms with Gasteiger partial charge in [-0.1, -0.05) is 0 Å². The zero-order valence-corrected chi connectivity index (χ0v) is 11.1. The van der Waals surface area contributed by atoms with E-state index in [1.165, 1.54) is 6.07 Å². The lowest BCUT2D eigenvalue weighted by Gasteiger charge is -2.19. The van der Waals surface area contributed by atoms with Gasteiger partial charge in [-0.15, -0.1) is 0 Å². The zero-order chi connectivity index (χ0) is 14.9. The van der Waals surface area contributed by atoms with E-state index in [-0.39, 0.29) is 0 Å². The number of H-pyrrole nitrogens is 1. The van der Waals surface area contributed by atoms with Crippen LogP contribution in [0, 0.1) is 0 Å². The molecule has 0 unspecified atom stereocenters. The molecule has 5 nitrogen and oxygen atoms in total. The van der Waals surface area contributed by atoms with Crippen LogP contribution in [-0.4, -0.2) is 33.3 Å². The molecule has 2 N–H and O–H groups in total. The van der Waals surface area contributed by atoms with Crippen molar-refractivity contribution < 1.29 is 13.2 Å². The number of alkyl halides is 3. The lowest BCUT2D eigenvalue weighted by Crippen LogP contribution is -2.27. The summed E-state index contributed by atoms with van der Waals surface area (Å²) < 4.78 is 37.4. The highest BCUT2D eigenvalue weighted by Crippen LogP contribution is 2.29. The Hall–Kier alpha value is -1.96. The molecule has 0 radical (unpaired) electrons. The highest BCUT2D eigenvalue weighted by Gasteiger charge is 2.32. The van der Waals surface area contributed by atoms with Crippen LogP contribution in [0.5, 0.6) is 0 Å². The summed E-state index contributed by atoms with van der Waals surface area (Å²) in [6.07, 6.45) is -1.34. The second-order valence-corrected chi connectivity index (χ2v) is 5.00. The zero-order valence-electron chi connectivity index (χ0n) is 11.1. The number of piperidine rings is 1. The van der Waals surface area contributed by atoms with E-state index in [0.29, 0.717) is 17.3 Å². The smallest absolute Gasteiger partial charge is 0.317 e. The molecule has 2 aromatic rings. The minimum absolute atomic E-state index is 0.315. The van der Waals surface area contributed by atoms with Gasteiger partial charge in [0.15, 0.2) is 5.82 Å². The van der Waals surface area contributed by atoms with Crippen LogP contribution in [0.4, 0.5) is 13.2 Å². The fraction of sp³-hybridized carbons (Fsp3) is 0.462. The number of halogens is 3. The molecular weight excluding hydrogens is 283 g/mol. The van der Waals surface area contributed by atoms with Crippen LogP contribution in [0.1, 0.15) is 30.3 Å². The predicted molar refractivity (Wildman–Crippen MR) is 69.5 cm³/mol. The van der Waals surface area contributed by atoms with Crippen molar-refractivity contribution >= 4 is 0 Å². The number of hydrogen-bond acceptors (Lipinski definition) is 4. The van der Waals surface area contributed by atoms with Gasteiger partial charge in [0.05, 0.1) is 0 Å². The minimum Gasteiger partial charge on any atom is -0.317 e. The summed E-state index contributed by atoms with van der Waals surface area (Å²) in [6.45, 7) is 1.87. The molecule has 21 heavy (non-hydrogen) atoms. The SMILES string of the molecule is FC(F)(F)c1ccc(-c2n[nH]c(C3CCNCC3)n2)cn1. The molecule has 2 aromatic heterocycles. The molecule has 8 heteroatoms. The Morgan fingerprint density at radius 3 is 2.52 bits per heavy atom. The highest BCUT2D eigenvalue weighted by molar-refractivity contribution is 5.53. The van der Waals surface area contributed by atoms with Gasteiger partial charge in [-0.05, 0) is 38.1 Å². The first-order valence-electron chi connectivity index (χ1n) is 6.70. The van der Waals surface area contributed by atoms with Crippen LogP contribution < -0.4 is 5.32 Å². The van der Waals surface area contributed by atoms with Gasteiger partial charge in [0.1, 0.15) is 11.5 Å². The van der Waals surface area contributed by atoms with E-state index < -0.39 is 11.9 Å². The Labute approximate surface area is 119 Å². The van der Waals surface area contributed by atoms with E-state index in [0.717, 1.165) is 44.0 Å². The molecule has 1 aliphatic rings. The van der Waals surface area contributed by atoms with Crippen LogP contribution in [0.2, 0.25) is 0 Å². The summed E-state index contributed by atoms with van der Waals surface area (Å²) in [4.78, 5) is 7.80. The van der Waals surface area contributed by atoms with E-state index in [9.17, 15) is 13.2 Å². The van der Waals surface area contributed by atoms with E-state index in [4.69, 9.17) is 0 Å². The highest BCUT2D eigenvalue weighted by atomic mass is 19.4. The fourth-order valence-corrected chi connectivity index (χ4v) is 2.38. The molecular formula is C13H14F3N5. The number of hydrogen-bond donors (Lipinski definition) is 2. The maximum absolute atomic E-state index is 12.5. The number of rotatable bonds is 2. The fourth-order valence-electron chi connectivity index (χ4n) is 2.38. The quantitative estimate of drug-likeness (QED) is 0.893. The maximum Gasteiger partial charge on any atom is 0.433 e. The molecule has 1 aliphatic heterocycles. The molecule has 0 aliphatic carbocycles. The molecule has 3 heterocycles. The Morgan fingerprint density at radius 1 is 1.14 bits per heavy atom. The van der Waals surface area contributed by atoms with E-state index in [1.54, 1.807) is 0 Å². The third-order valence-electron chi connectivity index (χ3n) is 3.54. The molecule has 1 fully saturated rings. The van der Waals surface area contributed by atoms with Crippen molar-refractivity contribution in [1.82, 2.24) is 25.5 Å². The molecule has 0 saturated carbocycles. The largest absolute Gasteiger partial charge is 0.433 e. The molecule has 0 atom stereocenters. The molecule has 0 spiro atoms. The van der Waals surface area contributed by atoms with Crippen LogP contribution in [0.25, 0.3) is 11.4 Å². The van der Waals surface area contributed by atoms with Crippen molar-refractivity contribution in [3.63, 3.8) is 0 Å². The van der Waals surface area contributed by atoms with Gasteiger partial charge in [-0.25, -0.2) is 4.98 Å². The summed E-state index contributed by atoms with van der Waals surface area (Å²) in [5.41, 5.74) is -0.445. The lowest BCUT2D eigenvalue weighted by molar-refractivity contribution is -0.141. The molecule has 0 aromatic carbocycles. The molecule has 0 amide bonds. The average molecular weight is 297 g/mol. The standard InChI is InChI=1S/C13H14F3N5/c14-13(15,16)10-2-1-9(7-18-10)12-19-11(20-21-12)8-3-5-17-6-4-8/h1-2,7-8,17H,3-6H2,(H,19,20,21). The van der Waals surface area contributed by atoms with Gasteiger partial charge >= 0.3 is 6.18 Å². The van der Waals surface area contributed by atoms with Gasteiger partial charge in [-0.2, -0.15) is 18.3 Å². The van der Waals surface area contributed by atoms with Crippen molar-refractivity contribution in [2.75, 3.05) is 13.1 Å². The summed E-state index contributed by atoms with van der Waals surface area (Å²) in [5, 5.41) is 10.2. The number of aromatic amines is 1. The monoisotopic (exact) mass is 297 g/mol. The lowest BCUT2D eigenvalue weighted by atomic mass is 9.98. The summed E-state index contributed by atoms with van der Waals surface area (Å²) in [5.74, 6) is 1.48. The van der Waals surface area contributed by atoms with E-state index in [1.807, 2.05) is 0 Å². The third-order valence-corrected chi connectivity index (χ3v) is 3.54. The van der Waals surface area contributed by atoms with Crippen LogP contribution in [-0.2, 0) is 6.18 Å². The number of pyridine rings is 1. The Morgan fingerprint density at radius 2 is 1.90 bits per heavy atom. The first-order valence-corrected chi connectivity index (χ1v) is 6.70. The summed E-state index contributed by atoms with van der Waals surface area (Å²) >= 11 is 0. The first kappa shape index (κ1) is 14.0. The Balaban J connectivity index is 1.79. The third kappa shape index (κ3) is 3.05. The van der Waals surface area contributed by atoms with Gasteiger partial charge in [-0.3, -0.25) is 10.1 Å². The molecule has 112 valence electrons. The Kier molecular flexibility index (Phi) is 3.62. The van der Waals surface area contributed by atoms with Gasteiger partial charge in [0.25, 0.3) is 0 Å². The second-order valence-electron chi connectivity index (χ2n) is 5.00. The number of nitrogens with zero attached hydrogens (tertiary/aromatic N) is 3. The van der Waals surface area contributed by atoms with Crippen molar-refractivity contribution in [3.8, 4) is 11.4 Å². The minimum atomic E-state index is -4.43. The molecule has 3 rings (SSSR count). The van der Waals surface area contributed by atoms with Crippen molar-refractivity contribution in [2.45, 2.75) is 24.9 Å². The van der Waals surface area contributed by atoms with Crippen molar-refractivity contribution in [3.05, 3.63) is 29.8 Å². The normalized spacial score (nSPS) is 17.1. The van der Waals surface area contributed by atoms with Crippen molar-refractivity contribution in [1.29, 1.82) is 0 Å². The van der Waals surface area contributed by atoms with Gasteiger partial charge in [0, 0.05) is 17.7 Å². The average Bonchev–Trinajstić information content (AvgIpc) is 2.97. The van der Waals surface area contributed by atoms with Crippen molar-refractivity contribution in [2.24, 2.45) is 0 Å². The number of aromatic nitrogens is 4. The summed E-state index contributed by atoms with van der Waals surface area (Å²) in [7, 11) is 0. The molecule has 1 saturated heterocycles. The number of nitrogens with one attached hydrogen (secondary N) is 2. The maximum atomic E-state index is 12.5. The van der Waals surface area contributed by atoms with Crippen LogP contribution in [0.15, 0.2) is 18.3 Å². The van der Waals surface area contributed by atoms with Crippen LogP contribution >= 0.6 is 0 Å². The first-order chi connectivity index (χ1) is 10.0. The summed E-state index contributed by atoms with van der Waals surface area (Å²) in [6, 6.07) is 2.28. The van der Waals surface area contributed by atoms with E-state index in [2.05, 4.69) is 25.5 Å². The molecule has 0 bridgehead atoms. The predicted octanol–water partition coefficient (Wildman–Crippen LogP) is 2.35. The van der Waals surface area contributed by atoms with Gasteiger partial charge in [0.2, 0.25) is 0 Å². The van der Waals surface area contributed by atoms with Gasteiger partial charge < -0.3 is 5.32 Å². The Bertz CT molecular complexity index is 599. The second kappa shape index (κ2) is 5.44. The van der Waals surface area contributed by atoms with Crippen LogP contribution in [0.3, 0.4) is 0 Å².